The van der Waals surface area contributed by atoms with Crippen molar-refractivity contribution in [3.05, 3.63) is 29.8 Å². The highest BCUT2D eigenvalue weighted by Crippen LogP contribution is 2.36. The molecule has 1 aliphatic carbocycles. The molecule has 0 radical (unpaired) electrons. The molecule has 0 bridgehead atoms. The van der Waals surface area contributed by atoms with Crippen molar-refractivity contribution in [2.45, 2.75) is 44.9 Å². The van der Waals surface area contributed by atoms with E-state index in [4.69, 9.17) is 13.3 Å². The first-order valence-electron chi connectivity index (χ1n) is 7.95. The predicted molar refractivity (Wildman–Crippen MR) is 87.8 cm³/mol. The number of rotatable bonds is 6. The summed E-state index contributed by atoms with van der Waals surface area (Å²) in [5.74, 6) is 1.65. The van der Waals surface area contributed by atoms with Gasteiger partial charge in [-0.15, -0.1) is 0 Å². The van der Waals surface area contributed by atoms with Gasteiger partial charge in [0.2, 0.25) is 0 Å². The van der Waals surface area contributed by atoms with Crippen LogP contribution in [0.1, 0.15) is 50.5 Å². The van der Waals surface area contributed by atoms with Gasteiger partial charge < -0.3 is 13.3 Å². The second-order valence-corrected chi connectivity index (χ2v) is 8.83. The third-order valence-corrected chi connectivity index (χ3v) is 7.62. The molecule has 0 spiro atoms. The van der Waals surface area contributed by atoms with E-state index in [-0.39, 0.29) is 0 Å². The van der Waals surface area contributed by atoms with E-state index in [1.165, 1.54) is 37.7 Å². The van der Waals surface area contributed by atoms with Crippen molar-refractivity contribution >= 4 is 14.0 Å². The van der Waals surface area contributed by atoms with Gasteiger partial charge in [-0.1, -0.05) is 37.6 Å². The van der Waals surface area contributed by atoms with Crippen LogP contribution in [-0.2, 0) is 13.3 Å². The summed E-state index contributed by atoms with van der Waals surface area (Å²) in [7, 11) is 2.27. The Hall–Kier alpha value is -0.683. The van der Waals surface area contributed by atoms with Crippen LogP contribution in [-0.4, -0.2) is 30.1 Å². The zero-order chi connectivity index (χ0) is 15.3. The van der Waals surface area contributed by atoms with Gasteiger partial charge in [0, 0.05) is 26.5 Å². The van der Waals surface area contributed by atoms with E-state index in [9.17, 15) is 0 Å². The Morgan fingerprint density at radius 2 is 1.43 bits per heavy atom. The Morgan fingerprint density at radius 1 is 0.905 bits per heavy atom. The van der Waals surface area contributed by atoms with Gasteiger partial charge in [-0.3, -0.25) is 0 Å². The molecule has 21 heavy (non-hydrogen) atoms. The van der Waals surface area contributed by atoms with Crippen LogP contribution >= 0.6 is 0 Å². The van der Waals surface area contributed by atoms with Gasteiger partial charge >= 0.3 is 8.80 Å². The molecule has 0 unspecified atom stereocenters. The van der Waals surface area contributed by atoms with Gasteiger partial charge in [0.05, 0.1) is 0 Å². The van der Waals surface area contributed by atoms with Crippen LogP contribution in [0.3, 0.4) is 0 Å². The summed E-state index contributed by atoms with van der Waals surface area (Å²) in [5, 5.41) is 1.03. The Balaban J connectivity index is 2.09. The molecule has 1 aliphatic rings. The molecule has 0 atom stereocenters. The Labute approximate surface area is 130 Å². The summed E-state index contributed by atoms with van der Waals surface area (Å²) in [5.41, 5.74) is 1.44. The van der Waals surface area contributed by atoms with E-state index < -0.39 is 8.80 Å². The zero-order valence-electron chi connectivity index (χ0n) is 13.7. The van der Waals surface area contributed by atoms with Crippen molar-refractivity contribution in [2.75, 3.05) is 21.3 Å². The third-order valence-electron chi connectivity index (χ3n) is 4.97. The van der Waals surface area contributed by atoms with E-state index in [0.717, 1.165) is 11.1 Å². The summed E-state index contributed by atoms with van der Waals surface area (Å²) >= 11 is 0. The van der Waals surface area contributed by atoms with Gasteiger partial charge in [0.25, 0.3) is 0 Å². The Kier molecular flexibility index (Phi) is 5.99. The molecule has 0 heterocycles. The lowest BCUT2D eigenvalue weighted by molar-refractivity contribution is 0.140. The first-order chi connectivity index (χ1) is 10.2. The lowest BCUT2D eigenvalue weighted by atomic mass is 9.78. The Bertz CT molecular complexity index is 412. The van der Waals surface area contributed by atoms with Gasteiger partial charge in [0.1, 0.15) is 0 Å². The lowest BCUT2D eigenvalue weighted by Gasteiger charge is -2.29. The fourth-order valence-corrected chi connectivity index (χ4v) is 5.25. The number of hydrogen-bond acceptors (Lipinski definition) is 3. The first-order valence-corrected chi connectivity index (χ1v) is 9.67. The molecule has 0 amide bonds. The summed E-state index contributed by atoms with van der Waals surface area (Å²) in [6, 6.07) is 8.68. The second kappa shape index (κ2) is 7.54. The minimum absolute atomic E-state index is 0.713. The minimum atomic E-state index is -2.68. The topological polar surface area (TPSA) is 27.7 Å². The second-order valence-electron chi connectivity index (χ2n) is 5.92. The summed E-state index contributed by atoms with van der Waals surface area (Å²) in [6.07, 6.45) is 6.71. The van der Waals surface area contributed by atoms with Crippen molar-refractivity contribution in [3.8, 4) is 0 Å². The van der Waals surface area contributed by atoms with Gasteiger partial charge in [0.15, 0.2) is 0 Å². The van der Waals surface area contributed by atoms with Crippen LogP contribution < -0.4 is 5.19 Å². The summed E-state index contributed by atoms with van der Waals surface area (Å²) in [6.45, 7) is 2.31. The van der Waals surface area contributed by atoms with Crippen molar-refractivity contribution in [1.29, 1.82) is 0 Å². The standard InChI is InChI=1S/C17H28O3Si/c1-5-14-6-8-15(9-7-14)16-10-12-17(13-11-16)21(18-2,19-3)20-4/h10-15H,5-9H2,1-4H3. The van der Waals surface area contributed by atoms with Gasteiger partial charge in [-0.2, -0.15) is 0 Å². The molecule has 0 aliphatic heterocycles. The molecule has 0 aromatic heterocycles. The molecular formula is C17H28O3Si. The van der Waals surface area contributed by atoms with Crippen molar-refractivity contribution in [3.63, 3.8) is 0 Å². The van der Waals surface area contributed by atoms with Crippen LogP contribution in [0.2, 0.25) is 0 Å². The molecule has 1 aromatic carbocycles. The first kappa shape index (κ1) is 16.7. The molecule has 0 N–H and O–H groups in total. The largest absolute Gasteiger partial charge is 0.536 e. The monoisotopic (exact) mass is 308 g/mol. The predicted octanol–water partition coefficient (Wildman–Crippen LogP) is 3.46. The quantitative estimate of drug-likeness (QED) is 0.753. The SMILES string of the molecule is CCC1CCC(c2ccc([Si](OC)(OC)OC)cc2)CC1. The fourth-order valence-electron chi connectivity index (χ4n) is 3.47. The fraction of sp³-hybridized carbons (Fsp3) is 0.647. The molecule has 1 aromatic rings. The average Bonchev–Trinajstić information content (AvgIpc) is 2.58. The highest BCUT2D eigenvalue weighted by atomic mass is 28.4. The smallest absolute Gasteiger partial charge is 0.373 e. The Morgan fingerprint density at radius 3 is 1.86 bits per heavy atom. The van der Waals surface area contributed by atoms with Crippen LogP contribution in [0.25, 0.3) is 0 Å². The molecule has 1 fully saturated rings. The lowest BCUT2D eigenvalue weighted by Crippen LogP contribution is -2.54. The number of hydrogen-bond donors (Lipinski definition) is 0. The molecule has 2 rings (SSSR count). The molecular weight excluding hydrogens is 280 g/mol. The molecule has 1 saturated carbocycles. The van der Waals surface area contributed by atoms with Crippen molar-refractivity contribution < 1.29 is 13.3 Å². The van der Waals surface area contributed by atoms with E-state index in [0.29, 0.717) is 5.92 Å². The zero-order valence-corrected chi connectivity index (χ0v) is 14.7. The van der Waals surface area contributed by atoms with Crippen LogP contribution in [0.15, 0.2) is 24.3 Å². The van der Waals surface area contributed by atoms with E-state index in [1.807, 2.05) is 0 Å². The molecule has 0 saturated heterocycles. The van der Waals surface area contributed by atoms with E-state index in [2.05, 4.69) is 31.2 Å². The maximum atomic E-state index is 5.53. The van der Waals surface area contributed by atoms with Crippen molar-refractivity contribution in [2.24, 2.45) is 5.92 Å². The van der Waals surface area contributed by atoms with Crippen LogP contribution in [0.4, 0.5) is 0 Å². The maximum absolute atomic E-state index is 5.53. The molecule has 3 nitrogen and oxygen atoms in total. The summed E-state index contributed by atoms with van der Waals surface area (Å²) < 4.78 is 16.6. The number of benzene rings is 1. The van der Waals surface area contributed by atoms with Gasteiger partial charge in [-0.25, -0.2) is 0 Å². The average molecular weight is 308 g/mol. The molecule has 118 valence electrons. The van der Waals surface area contributed by atoms with Crippen molar-refractivity contribution in [1.82, 2.24) is 0 Å². The third kappa shape index (κ3) is 3.56. The molecule has 4 heteroatoms. The highest BCUT2D eigenvalue weighted by Gasteiger charge is 2.40. The highest BCUT2D eigenvalue weighted by molar-refractivity contribution is 6.75. The van der Waals surface area contributed by atoms with Crippen LogP contribution in [0.5, 0.6) is 0 Å². The van der Waals surface area contributed by atoms with E-state index >= 15 is 0 Å². The van der Waals surface area contributed by atoms with Crippen LogP contribution in [0, 0.1) is 5.92 Å². The van der Waals surface area contributed by atoms with E-state index in [1.54, 1.807) is 21.3 Å². The maximum Gasteiger partial charge on any atom is 0.536 e. The minimum Gasteiger partial charge on any atom is -0.373 e. The normalized spacial score (nSPS) is 23.2. The summed E-state index contributed by atoms with van der Waals surface area (Å²) in [4.78, 5) is 0. The van der Waals surface area contributed by atoms with Gasteiger partial charge in [-0.05, 0) is 43.1 Å².